The monoisotopic (exact) mass is 720 g/mol. The van der Waals surface area contributed by atoms with E-state index in [0.717, 1.165) is 29.7 Å². The highest BCUT2D eigenvalue weighted by Crippen LogP contribution is 2.32. The van der Waals surface area contributed by atoms with Gasteiger partial charge in [-0.2, -0.15) is 4.58 Å². The lowest BCUT2D eigenvalue weighted by atomic mass is 10.0. The standard InChI is InChI=1S/C32H37ClN4O3S.HI/c1-20-17-24(14-15-27(20)37-21(2)13-16-28(37)41)36-30(38)29(25-11-6-7-12-26(25)33)35-23-10-8-9-22(18-23)19-34-31(39)40-32(3,4)5;/h6-12,14-15,17-18,28-29,35H,13,16,19H2,1-5H3,(H2-,34,36,38,39,41);1H/t28-,29+;/m1./s1. The van der Waals surface area contributed by atoms with Gasteiger partial charge in [-0.05, 0) is 63.6 Å². The number of benzene rings is 3. The fourth-order valence-corrected chi connectivity index (χ4v) is 5.54. The first kappa shape index (κ1) is 33.7. The highest BCUT2D eigenvalue weighted by atomic mass is 127. The largest absolute Gasteiger partial charge is 1.00 e. The summed E-state index contributed by atoms with van der Waals surface area (Å²) < 4.78 is 7.58. The van der Waals surface area contributed by atoms with E-state index in [0.29, 0.717) is 22.0 Å². The van der Waals surface area contributed by atoms with Crippen molar-refractivity contribution in [3.8, 4) is 0 Å². The Labute approximate surface area is 275 Å². The Morgan fingerprint density at radius 1 is 1.05 bits per heavy atom. The van der Waals surface area contributed by atoms with E-state index in [1.54, 1.807) is 6.07 Å². The van der Waals surface area contributed by atoms with Crippen molar-refractivity contribution in [2.45, 2.75) is 71.0 Å². The number of rotatable bonds is 8. The second-order valence-electron chi connectivity index (χ2n) is 11.3. The minimum atomic E-state index is -0.770. The maximum Gasteiger partial charge on any atom is 0.407 e. The Morgan fingerprint density at radius 3 is 2.43 bits per heavy atom. The van der Waals surface area contributed by atoms with Gasteiger partial charge < -0.3 is 44.7 Å². The summed E-state index contributed by atoms with van der Waals surface area (Å²) in [6.07, 6.45) is 1.54. The third-order valence-electron chi connectivity index (χ3n) is 6.75. The Balaban J connectivity index is 0.00000484. The van der Waals surface area contributed by atoms with Crippen LogP contribution in [0.15, 0.2) is 66.7 Å². The van der Waals surface area contributed by atoms with Gasteiger partial charge >= 0.3 is 6.09 Å². The van der Waals surface area contributed by atoms with Crippen LogP contribution in [-0.2, 0) is 16.1 Å². The van der Waals surface area contributed by atoms with Crippen molar-refractivity contribution in [3.05, 3.63) is 88.4 Å². The third-order valence-corrected chi connectivity index (χ3v) is 7.58. The minimum absolute atomic E-state index is 0. The van der Waals surface area contributed by atoms with Gasteiger partial charge in [-0.25, -0.2) is 4.79 Å². The van der Waals surface area contributed by atoms with Crippen LogP contribution in [0.4, 0.5) is 21.9 Å². The summed E-state index contributed by atoms with van der Waals surface area (Å²) in [5, 5.41) is 9.81. The van der Waals surface area contributed by atoms with Crippen molar-refractivity contribution >= 4 is 59.0 Å². The molecule has 3 N–H and O–H groups in total. The summed E-state index contributed by atoms with van der Waals surface area (Å²) in [5.74, 6) is -0.251. The lowest BCUT2D eigenvalue weighted by Gasteiger charge is -2.22. The van der Waals surface area contributed by atoms with Gasteiger partial charge in [-0.1, -0.05) is 41.9 Å². The lowest BCUT2D eigenvalue weighted by molar-refractivity contribution is -0.447. The number of hydrogen-bond donors (Lipinski definition) is 4. The molecule has 1 heterocycles. The number of halogens is 2. The van der Waals surface area contributed by atoms with Crippen molar-refractivity contribution in [2.75, 3.05) is 10.6 Å². The molecule has 0 spiro atoms. The summed E-state index contributed by atoms with van der Waals surface area (Å²) in [6.45, 7) is 9.90. The number of carbonyl (C=O) groups is 2. The smallest absolute Gasteiger partial charge is 0.407 e. The molecular formula is C32H38ClIN4O3S. The van der Waals surface area contributed by atoms with Gasteiger partial charge in [-0.15, -0.1) is 12.6 Å². The molecule has 4 rings (SSSR count). The second kappa shape index (κ2) is 14.6. The molecule has 0 aliphatic carbocycles. The number of aryl methyl sites for hydroxylation is 1. The average Bonchev–Trinajstić information content (AvgIpc) is 3.23. The number of amides is 2. The molecule has 0 fully saturated rings. The minimum Gasteiger partial charge on any atom is -1.00 e. The quantitative estimate of drug-likeness (QED) is 0.156. The fraction of sp³-hybridized carbons (Fsp3) is 0.344. The van der Waals surface area contributed by atoms with E-state index in [4.69, 9.17) is 29.0 Å². The predicted molar refractivity (Wildman–Crippen MR) is 170 cm³/mol. The van der Waals surface area contributed by atoms with Crippen LogP contribution in [0.1, 0.15) is 63.3 Å². The topological polar surface area (TPSA) is 82.5 Å². The van der Waals surface area contributed by atoms with Crippen LogP contribution < -0.4 is 39.9 Å². The maximum absolute atomic E-state index is 13.7. The van der Waals surface area contributed by atoms with Crippen molar-refractivity contribution < 1.29 is 42.9 Å². The van der Waals surface area contributed by atoms with Crippen molar-refractivity contribution in [1.29, 1.82) is 0 Å². The van der Waals surface area contributed by atoms with Crippen LogP contribution in [0.25, 0.3) is 0 Å². The van der Waals surface area contributed by atoms with Gasteiger partial charge in [0.1, 0.15) is 11.6 Å². The molecule has 10 heteroatoms. The molecule has 0 unspecified atom stereocenters. The first-order chi connectivity index (χ1) is 19.4. The number of ether oxygens (including phenoxy) is 1. The predicted octanol–water partition coefficient (Wildman–Crippen LogP) is 4.62. The Hall–Kier alpha value is -2.76. The van der Waals surface area contributed by atoms with E-state index >= 15 is 0 Å². The van der Waals surface area contributed by atoms with E-state index in [9.17, 15) is 9.59 Å². The second-order valence-corrected chi connectivity index (χ2v) is 12.3. The molecule has 7 nitrogen and oxygen atoms in total. The van der Waals surface area contributed by atoms with Crippen LogP contribution in [0, 0.1) is 6.92 Å². The zero-order chi connectivity index (χ0) is 29.7. The van der Waals surface area contributed by atoms with Crippen molar-refractivity contribution in [3.63, 3.8) is 0 Å². The molecule has 0 saturated carbocycles. The summed E-state index contributed by atoms with van der Waals surface area (Å²) in [5.41, 5.74) is 5.75. The molecule has 224 valence electrons. The van der Waals surface area contributed by atoms with Gasteiger partial charge in [0.25, 0.3) is 5.91 Å². The van der Waals surface area contributed by atoms with Crippen molar-refractivity contribution in [2.24, 2.45) is 0 Å². The number of alkyl carbamates (subject to hydrolysis) is 1. The molecule has 2 amide bonds. The number of anilines is 2. The summed E-state index contributed by atoms with van der Waals surface area (Å²) in [6, 6.07) is 20.0. The summed E-state index contributed by atoms with van der Waals surface area (Å²) >= 11 is 11.3. The number of thiol groups is 1. The lowest BCUT2D eigenvalue weighted by Crippen LogP contribution is -3.00. The maximum atomic E-state index is 13.7. The van der Waals surface area contributed by atoms with Crippen LogP contribution in [0.5, 0.6) is 0 Å². The zero-order valence-electron chi connectivity index (χ0n) is 24.5. The zero-order valence-corrected chi connectivity index (χ0v) is 28.3. The van der Waals surface area contributed by atoms with Gasteiger partial charge in [0.15, 0.2) is 5.71 Å². The molecular weight excluding hydrogens is 683 g/mol. The van der Waals surface area contributed by atoms with E-state index in [1.165, 1.54) is 5.71 Å². The Kier molecular flexibility index (Phi) is 11.7. The van der Waals surface area contributed by atoms with Crippen LogP contribution in [-0.4, -0.2) is 33.3 Å². The molecule has 2 atom stereocenters. The SMILES string of the molecule is CC1=[N+](c2ccc(NC(=O)[C@@H](Nc3cccc(CNC(=O)OC(C)(C)C)c3)c3ccccc3Cl)cc2C)[C@H](S)CC1.[I-]. The first-order valence-electron chi connectivity index (χ1n) is 13.7. The van der Waals surface area contributed by atoms with Gasteiger partial charge in [0.2, 0.25) is 11.1 Å². The number of nitrogens with zero attached hydrogens (tertiary/aromatic N) is 1. The number of nitrogens with one attached hydrogen (secondary N) is 3. The van der Waals surface area contributed by atoms with Crippen LogP contribution in [0.3, 0.4) is 0 Å². The summed E-state index contributed by atoms with van der Waals surface area (Å²) in [4.78, 5) is 25.8. The number of hydrogen-bond acceptors (Lipinski definition) is 5. The first-order valence-corrected chi connectivity index (χ1v) is 14.6. The molecule has 3 aromatic carbocycles. The Morgan fingerprint density at radius 2 is 1.79 bits per heavy atom. The van der Waals surface area contributed by atoms with Gasteiger partial charge in [0, 0.05) is 59.9 Å². The molecule has 3 aromatic rings. The highest BCUT2D eigenvalue weighted by Gasteiger charge is 2.31. The molecule has 0 bridgehead atoms. The van der Waals surface area contributed by atoms with Crippen LogP contribution in [0.2, 0.25) is 5.02 Å². The number of carbonyl (C=O) groups excluding carboxylic acids is 2. The molecule has 1 aliphatic rings. The fourth-order valence-electron chi connectivity index (χ4n) is 4.85. The van der Waals surface area contributed by atoms with Gasteiger partial charge in [-0.3, -0.25) is 4.79 Å². The molecule has 0 saturated heterocycles. The third kappa shape index (κ3) is 8.87. The average molecular weight is 721 g/mol. The molecule has 1 aliphatic heterocycles. The Bertz CT molecular complexity index is 1470. The van der Waals surface area contributed by atoms with Crippen LogP contribution >= 0.6 is 24.2 Å². The normalized spacial score (nSPS) is 15.5. The van der Waals surface area contributed by atoms with Crippen molar-refractivity contribution in [1.82, 2.24) is 5.32 Å². The van der Waals surface area contributed by atoms with E-state index in [-0.39, 0.29) is 41.8 Å². The molecule has 0 radical (unpaired) electrons. The molecule has 42 heavy (non-hydrogen) atoms. The van der Waals surface area contributed by atoms with Gasteiger partial charge in [0.05, 0.1) is 0 Å². The summed E-state index contributed by atoms with van der Waals surface area (Å²) in [7, 11) is 0. The van der Waals surface area contributed by atoms with E-state index in [2.05, 4.69) is 27.4 Å². The highest BCUT2D eigenvalue weighted by molar-refractivity contribution is 7.80. The van der Waals surface area contributed by atoms with E-state index < -0.39 is 17.7 Å². The van der Waals surface area contributed by atoms with E-state index in [1.807, 2.05) is 88.4 Å². The molecule has 0 aromatic heterocycles.